The van der Waals surface area contributed by atoms with Gasteiger partial charge in [-0.15, -0.1) is 0 Å². The Hall–Kier alpha value is -3.33. The number of nitrogens with zero attached hydrogens (tertiary/aromatic N) is 2. The zero-order valence-electron chi connectivity index (χ0n) is 17.9. The van der Waals surface area contributed by atoms with Crippen molar-refractivity contribution in [2.24, 2.45) is 4.99 Å². The first-order valence-corrected chi connectivity index (χ1v) is 10.5. The second kappa shape index (κ2) is 11.0. The summed E-state index contributed by atoms with van der Waals surface area (Å²) in [6.07, 6.45) is 6.04. The smallest absolute Gasteiger partial charge is 0.119 e. The molecule has 3 rings (SSSR count). The van der Waals surface area contributed by atoms with E-state index < -0.39 is 0 Å². The van der Waals surface area contributed by atoms with Crippen LogP contribution in [0.4, 0.5) is 11.4 Å². The van der Waals surface area contributed by atoms with Crippen molar-refractivity contribution in [2.75, 3.05) is 18.6 Å². The van der Waals surface area contributed by atoms with Gasteiger partial charge in [0.25, 0.3) is 0 Å². The lowest BCUT2D eigenvalue weighted by Gasteiger charge is -2.26. The van der Waals surface area contributed by atoms with Gasteiger partial charge in [-0.1, -0.05) is 68.5 Å². The quantitative estimate of drug-likeness (QED) is 0.269. The van der Waals surface area contributed by atoms with Crippen molar-refractivity contribution >= 4 is 23.8 Å². The highest BCUT2D eigenvalue weighted by Gasteiger charge is 2.15. The predicted molar refractivity (Wildman–Crippen MR) is 129 cm³/mol. The molecule has 0 heterocycles. The number of rotatable bonds is 10. The van der Waals surface area contributed by atoms with E-state index in [2.05, 4.69) is 60.9 Å². The van der Waals surface area contributed by atoms with Crippen LogP contribution in [0.2, 0.25) is 0 Å². The van der Waals surface area contributed by atoms with Gasteiger partial charge in [0, 0.05) is 18.2 Å². The topological polar surface area (TPSA) is 24.8 Å². The van der Waals surface area contributed by atoms with Gasteiger partial charge in [0.2, 0.25) is 0 Å². The van der Waals surface area contributed by atoms with Crippen LogP contribution in [0.1, 0.15) is 36.8 Å². The average molecular weight is 399 g/mol. The largest absolute Gasteiger partial charge is 0.497 e. The van der Waals surface area contributed by atoms with Crippen molar-refractivity contribution in [3.05, 3.63) is 96.6 Å². The highest BCUT2D eigenvalue weighted by Crippen LogP contribution is 2.26. The van der Waals surface area contributed by atoms with Gasteiger partial charge in [0.05, 0.1) is 19.1 Å². The molecule has 0 fully saturated rings. The number of methoxy groups -OCH3 is 1. The van der Waals surface area contributed by atoms with Crippen LogP contribution in [-0.4, -0.2) is 20.0 Å². The van der Waals surface area contributed by atoms with E-state index in [4.69, 9.17) is 9.73 Å². The molecule has 0 spiro atoms. The van der Waals surface area contributed by atoms with E-state index in [1.165, 1.54) is 5.56 Å². The summed E-state index contributed by atoms with van der Waals surface area (Å²) in [5.74, 6) is 1.27. The van der Waals surface area contributed by atoms with Gasteiger partial charge in [-0.05, 0) is 53.9 Å². The highest BCUT2D eigenvalue weighted by molar-refractivity contribution is 5.81. The maximum absolute atomic E-state index is 5.33. The van der Waals surface area contributed by atoms with E-state index in [9.17, 15) is 0 Å². The summed E-state index contributed by atoms with van der Waals surface area (Å²) in [5, 5.41) is 0. The normalized spacial score (nSPS) is 11.9. The molecular formula is C27H30N2O. The van der Waals surface area contributed by atoms with Crippen molar-refractivity contribution in [2.45, 2.75) is 25.7 Å². The molecular weight excluding hydrogens is 368 g/mol. The molecule has 0 aliphatic carbocycles. The summed E-state index contributed by atoms with van der Waals surface area (Å²) >= 11 is 0. The summed E-state index contributed by atoms with van der Waals surface area (Å²) in [6.45, 7) is 6.91. The number of hydrogen-bond acceptors (Lipinski definition) is 2. The third-order valence-corrected chi connectivity index (χ3v) is 5.20. The minimum Gasteiger partial charge on any atom is -0.497 e. The van der Waals surface area contributed by atoms with Gasteiger partial charge in [0.1, 0.15) is 5.75 Å². The maximum atomic E-state index is 5.33. The molecule has 0 aliphatic heterocycles. The molecule has 0 radical (unpaired) electrons. The van der Waals surface area contributed by atoms with Gasteiger partial charge in [-0.25, -0.2) is 4.99 Å². The number of ether oxygens (including phenoxy) is 1. The van der Waals surface area contributed by atoms with Crippen molar-refractivity contribution in [1.29, 1.82) is 0 Å². The van der Waals surface area contributed by atoms with E-state index in [1.807, 2.05) is 48.8 Å². The van der Waals surface area contributed by atoms with Gasteiger partial charge >= 0.3 is 0 Å². The van der Waals surface area contributed by atoms with Crippen LogP contribution >= 0.6 is 0 Å². The Labute approximate surface area is 180 Å². The van der Waals surface area contributed by atoms with E-state index in [1.54, 1.807) is 7.11 Å². The zero-order valence-corrected chi connectivity index (χ0v) is 17.9. The van der Waals surface area contributed by atoms with E-state index in [-0.39, 0.29) is 0 Å². The molecule has 0 aromatic heterocycles. The van der Waals surface area contributed by atoms with E-state index in [0.29, 0.717) is 5.92 Å². The molecule has 30 heavy (non-hydrogen) atoms. The van der Waals surface area contributed by atoms with Crippen LogP contribution in [0.3, 0.4) is 0 Å². The predicted octanol–water partition coefficient (Wildman–Crippen LogP) is 7.09. The van der Waals surface area contributed by atoms with Gasteiger partial charge < -0.3 is 9.64 Å². The Morgan fingerprint density at radius 3 is 2.27 bits per heavy atom. The van der Waals surface area contributed by atoms with Gasteiger partial charge in [-0.3, -0.25) is 0 Å². The van der Waals surface area contributed by atoms with Crippen LogP contribution in [0.25, 0.3) is 6.08 Å². The number of benzene rings is 3. The SMILES string of the molecule is C=Cc1ccc(N=CN(CC(CCC)c2ccccc2)c2ccc(OC)cc2)cc1. The molecule has 3 aromatic carbocycles. The molecule has 1 unspecified atom stereocenters. The summed E-state index contributed by atoms with van der Waals surface area (Å²) in [5.41, 5.74) is 4.47. The first kappa shape index (κ1) is 21.4. The summed E-state index contributed by atoms with van der Waals surface area (Å²) in [7, 11) is 1.69. The summed E-state index contributed by atoms with van der Waals surface area (Å²) in [6, 6.07) is 27.0. The molecule has 0 aliphatic rings. The third kappa shape index (κ3) is 5.84. The third-order valence-electron chi connectivity index (χ3n) is 5.20. The molecule has 0 bridgehead atoms. The fraction of sp³-hybridized carbons (Fsp3) is 0.222. The summed E-state index contributed by atoms with van der Waals surface area (Å²) in [4.78, 5) is 6.97. The second-order valence-corrected chi connectivity index (χ2v) is 7.29. The lowest BCUT2D eigenvalue weighted by Crippen LogP contribution is -2.27. The van der Waals surface area contributed by atoms with Crippen molar-refractivity contribution < 1.29 is 4.74 Å². The minimum absolute atomic E-state index is 0.424. The van der Waals surface area contributed by atoms with Gasteiger partial charge in [-0.2, -0.15) is 0 Å². The monoisotopic (exact) mass is 398 g/mol. The maximum Gasteiger partial charge on any atom is 0.119 e. The molecule has 3 aromatic rings. The van der Waals surface area contributed by atoms with Gasteiger partial charge in [0.15, 0.2) is 0 Å². The Bertz CT molecular complexity index is 931. The summed E-state index contributed by atoms with van der Waals surface area (Å²) < 4.78 is 5.33. The number of anilines is 1. The fourth-order valence-electron chi connectivity index (χ4n) is 3.50. The van der Waals surface area contributed by atoms with Crippen molar-refractivity contribution in [3.8, 4) is 5.75 Å². The Morgan fingerprint density at radius 2 is 1.67 bits per heavy atom. The van der Waals surface area contributed by atoms with Crippen LogP contribution in [0, 0.1) is 0 Å². The highest BCUT2D eigenvalue weighted by atomic mass is 16.5. The lowest BCUT2D eigenvalue weighted by molar-refractivity contribution is 0.415. The average Bonchev–Trinajstić information content (AvgIpc) is 2.82. The Balaban J connectivity index is 1.88. The van der Waals surface area contributed by atoms with Crippen LogP contribution in [0.15, 0.2) is 90.4 Å². The molecule has 3 nitrogen and oxygen atoms in total. The van der Waals surface area contributed by atoms with E-state index >= 15 is 0 Å². The molecule has 3 heteroatoms. The standard InChI is InChI=1S/C27H30N2O/c1-4-9-24(23-10-7-6-8-11-23)20-29(26-16-18-27(30-3)19-17-26)21-28-25-14-12-22(5-2)13-15-25/h5-8,10-19,21,24H,2,4,9,20H2,1,3H3. The Kier molecular flexibility index (Phi) is 7.85. The lowest BCUT2D eigenvalue weighted by atomic mass is 9.94. The van der Waals surface area contributed by atoms with Crippen molar-refractivity contribution in [3.63, 3.8) is 0 Å². The molecule has 0 saturated heterocycles. The zero-order chi connectivity index (χ0) is 21.2. The number of hydrogen-bond donors (Lipinski definition) is 0. The molecule has 1 atom stereocenters. The molecule has 0 saturated carbocycles. The van der Waals surface area contributed by atoms with Crippen LogP contribution in [0.5, 0.6) is 5.75 Å². The van der Waals surface area contributed by atoms with Crippen LogP contribution < -0.4 is 9.64 Å². The fourth-order valence-corrected chi connectivity index (χ4v) is 3.50. The second-order valence-electron chi connectivity index (χ2n) is 7.29. The minimum atomic E-state index is 0.424. The molecule has 154 valence electrons. The first-order chi connectivity index (χ1) is 14.7. The first-order valence-electron chi connectivity index (χ1n) is 10.5. The Morgan fingerprint density at radius 1 is 0.967 bits per heavy atom. The molecule has 0 amide bonds. The number of aliphatic imine (C=N–C) groups is 1. The van der Waals surface area contributed by atoms with Crippen molar-refractivity contribution in [1.82, 2.24) is 0 Å². The van der Waals surface area contributed by atoms with E-state index in [0.717, 1.165) is 42.1 Å². The van der Waals surface area contributed by atoms with Crippen LogP contribution in [-0.2, 0) is 0 Å². The molecule has 0 N–H and O–H groups in total.